The monoisotopic (exact) mass is 304 g/mol. The maximum Gasteiger partial charge on any atom is 0.159 e. The molecule has 2 heterocycles. The minimum absolute atomic E-state index is 0.0397. The Balaban J connectivity index is 1.99. The molecule has 6 nitrogen and oxygen atoms in total. The highest BCUT2D eigenvalue weighted by molar-refractivity contribution is 4.86. The van der Waals surface area contributed by atoms with Gasteiger partial charge in [0.15, 0.2) is 6.29 Å². The molecule has 0 aromatic rings. The Labute approximate surface area is 126 Å². The first-order chi connectivity index (χ1) is 9.96. The Morgan fingerprint density at radius 3 is 2.43 bits per heavy atom. The van der Waals surface area contributed by atoms with E-state index in [0.717, 1.165) is 6.42 Å². The van der Waals surface area contributed by atoms with Gasteiger partial charge in [-0.15, -0.1) is 0 Å². The summed E-state index contributed by atoms with van der Waals surface area (Å²) >= 11 is 0. The van der Waals surface area contributed by atoms with Crippen LogP contribution in [0.1, 0.15) is 33.6 Å². The highest BCUT2D eigenvalue weighted by Crippen LogP contribution is 2.31. The number of aliphatic hydroxyl groups is 2. The second-order valence-electron chi connectivity index (χ2n) is 6.20. The Bertz CT molecular complexity index is 325. The molecule has 2 N–H and O–H groups in total. The molecule has 2 aliphatic rings. The molecule has 2 saturated heterocycles. The Kier molecular flexibility index (Phi) is 5.99. The molecule has 0 aromatic heterocycles. The number of hydrogen-bond donors (Lipinski definition) is 2. The van der Waals surface area contributed by atoms with Crippen LogP contribution >= 0.6 is 0 Å². The molecule has 8 atom stereocenters. The summed E-state index contributed by atoms with van der Waals surface area (Å²) in [5.74, 6) is -0.224. The lowest BCUT2D eigenvalue weighted by Crippen LogP contribution is -2.53. The standard InChI is InChI=1S/C15H28O6/c1-8-5-12(18-4)15(10(3)19-8)21-13-6-11(7-16)14(17)9(2)20-13/h8-17H,5-7H2,1-4H3. The van der Waals surface area contributed by atoms with Crippen molar-refractivity contribution in [1.29, 1.82) is 0 Å². The van der Waals surface area contributed by atoms with Crippen molar-refractivity contribution < 1.29 is 29.2 Å². The van der Waals surface area contributed by atoms with E-state index in [2.05, 4.69) is 0 Å². The maximum atomic E-state index is 9.96. The molecule has 0 amide bonds. The van der Waals surface area contributed by atoms with Crippen molar-refractivity contribution in [2.45, 2.75) is 76.5 Å². The van der Waals surface area contributed by atoms with E-state index in [1.54, 1.807) is 14.0 Å². The molecule has 0 aliphatic carbocycles. The second-order valence-corrected chi connectivity index (χ2v) is 6.20. The van der Waals surface area contributed by atoms with Crippen LogP contribution < -0.4 is 0 Å². The minimum Gasteiger partial charge on any atom is -0.396 e. The molecule has 0 spiro atoms. The average molecular weight is 304 g/mol. The molecule has 21 heavy (non-hydrogen) atoms. The Hall–Kier alpha value is -0.240. The molecule has 2 rings (SSSR count). The van der Waals surface area contributed by atoms with Crippen LogP contribution in [-0.2, 0) is 18.9 Å². The number of aliphatic hydroxyl groups excluding tert-OH is 2. The van der Waals surface area contributed by atoms with Crippen molar-refractivity contribution in [2.24, 2.45) is 5.92 Å². The van der Waals surface area contributed by atoms with Crippen molar-refractivity contribution in [3.05, 3.63) is 0 Å². The molecule has 2 fully saturated rings. The first-order valence-electron chi connectivity index (χ1n) is 7.74. The number of hydrogen-bond acceptors (Lipinski definition) is 6. The molecule has 6 heteroatoms. The van der Waals surface area contributed by atoms with E-state index in [9.17, 15) is 10.2 Å². The van der Waals surface area contributed by atoms with Crippen LogP contribution in [0.2, 0.25) is 0 Å². The largest absolute Gasteiger partial charge is 0.396 e. The molecular formula is C15H28O6. The Morgan fingerprint density at radius 1 is 1.10 bits per heavy atom. The number of methoxy groups -OCH3 is 1. The van der Waals surface area contributed by atoms with Gasteiger partial charge in [-0.2, -0.15) is 0 Å². The average Bonchev–Trinajstić information content (AvgIpc) is 2.45. The summed E-state index contributed by atoms with van der Waals surface area (Å²) in [6.45, 7) is 5.71. The molecule has 124 valence electrons. The zero-order valence-electron chi connectivity index (χ0n) is 13.3. The molecule has 0 aromatic carbocycles. The van der Waals surface area contributed by atoms with E-state index >= 15 is 0 Å². The van der Waals surface area contributed by atoms with Crippen LogP contribution in [0.4, 0.5) is 0 Å². The van der Waals surface area contributed by atoms with Gasteiger partial charge in [0.2, 0.25) is 0 Å². The van der Waals surface area contributed by atoms with Gasteiger partial charge in [0.05, 0.1) is 30.5 Å². The first-order valence-corrected chi connectivity index (χ1v) is 7.74. The zero-order chi connectivity index (χ0) is 15.6. The van der Waals surface area contributed by atoms with Crippen molar-refractivity contribution in [2.75, 3.05) is 13.7 Å². The summed E-state index contributed by atoms with van der Waals surface area (Å²) < 4.78 is 23.1. The predicted octanol–water partition coefficient (Wildman–Crippen LogP) is 0.688. The predicted molar refractivity (Wildman–Crippen MR) is 75.8 cm³/mol. The van der Waals surface area contributed by atoms with Crippen LogP contribution in [0.3, 0.4) is 0 Å². The van der Waals surface area contributed by atoms with E-state index < -0.39 is 12.4 Å². The van der Waals surface area contributed by atoms with Crippen molar-refractivity contribution in [3.8, 4) is 0 Å². The third-order valence-electron chi connectivity index (χ3n) is 4.51. The Morgan fingerprint density at radius 2 is 1.81 bits per heavy atom. The molecule has 8 unspecified atom stereocenters. The lowest BCUT2D eigenvalue weighted by Gasteiger charge is -2.43. The maximum absolute atomic E-state index is 9.96. The lowest BCUT2D eigenvalue weighted by molar-refractivity contribution is -0.290. The molecule has 0 radical (unpaired) electrons. The molecule has 0 bridgehead atoms. The third-order valence-corrected chi connectivity index (χ3v) is 4.51. The molecule has 0 saturated carbocycles. The highest BCUT2D eigenvalue weighted by atomic mass is 16.7. The number of rotatable bonds is 4. The molecule has 2 aliphatic heterocycles. The van der Waals surface area contributed by atoms with Crippen molar-refractivity contribution >= 4 is 0 Å². The van der Waals surface area contributed by atoms with Gasteiger partial charge in [-0.1, -0.05) is 0 Å². The van der Waals surface area contributed by atoms with E-state index in [0.29, 0.717) is 6.42 Å². The zero-order valence-corrected chi connectivity index (χ0v) is 13.3. The van der Waals surface area contributed by atoms with E-state index in [1.807, 2.05) is 13.8 Å². The van der Waals surface area contributed by atoms with E-state index in [4.69, 9.17) is 18.9 Å². The van der Waals surface area contributed by atoms with Gasteiger partial charge in [0.25, 0.3) is 0 Å². The summed E-state index contributed by atoms with van der Waals surface area (Å²) in [4.78, 5) is 0. The molecular weight excluding hydrogens is 276 g/mol. The lowest BCUT2D eigenvalue weighted by atomic mass is 9.92. The van der Waals surface area contributed by atoms with E-state index in [1.165, 1.54) is 0 Å². The smallest absolute Gasteiger partial charge is 0.159 e. The normalized spacial score (nSPS) is 48.3. The fourth-order valence-corrected chi connectivity index (χ4v) is 3.28. The van der Waals surface area contributed by atoms with Gasteiger partial charge < -0.3 is 29.2 Å². The second kappa shape index (κ2) is 7.35. The van der Waals surface area contributed by atoms with Crippen LogP contribution in [0.5, 0.6) is 0 Å². The van der Waals surface area contributed by atoms with Crippen LogP contribution in [0, 0.1) is 5.92 Å². The SMILES string of the molecule is COC1CC(C)OC(C)C1OC1CC(CO)C(O)C(C)O1. The minimum atomic E-state index is -0.659. The highest BCUT2D eigenvalue weighted by Gasteiger charge is 2.41. The van der Waals surface area contributed by atoms with Crippen molar-refractivity contribution in [1.82, 2.24) is 0 Å². The summed E-state index contributed by atoms with van der Waals surface area (Å²) in [5, 5.41) is 19.3. The van der Waals surface area contributed by atoms with Crippen LogP contribution in [0.25, 0.3) is 0 Å². The van der Waals surface area contributed by atoms with E-state index in [-0.39, 0.29) is 43.0 Å². The summed E-state index contributed by atoms with van der Waals surface area (Å²) in [5.41, 5.74) is 0. The van der Waals surface area contributed by atoms with Gasteiger partial charge in [-0.25, -0.2) is 0 Å². The summed E-state index contributed by atoms with van der Waals surface area (Å²) in [7, 11) is 1.68. The van der Waals surface area contributed by atoms with Gasteiger partial charge >= 0.3 is 0 Å². The van der Waals surface area contributed by atoms with Gasteiger partial charge in [-0.05, 0) is 20.8 Å². The van der Waals surface area contributed by atoms with Crippen LogP contribution in [-0.4, -0.2) is 66.8 Å². The van der Waals surface area contributed by atoms with Gasteiger partial charge in [-0.3, -0.25) is 0 Å². The topological polar surface area (TPSA) is 77.4 Å². The first kappa shape index (κ1) is 17.1. The summed E-state index contributed by atoms with van der Waals surface area (Å²) in [6, 6.07) is 0. The number of ether oxygens (including phenoxy) is 4. The quantitative estimate of drug-likeness (QED) is 0.796. The van der Waals surface area contributed by atoms with Crippen LogP contribution in [0.15, 0.2) is 0 Å². The fourth-order valence-electron chi connectivity index (χ4n) is 3.28. The van der Waals surface area contributed by atoms with Gasteiger partial charge in [0.1, 0.15) is 6.10 Å². The van der Waals surface area contributed by atoms with Crippen molar-refractivity contribution in [3.63, 3.8) is 0 Å². The fraction of sp³-hybridized carbons (Fsp3) is 1.00. The van der Waals surface area contributed by atoms with Gasteiger partial charge in [0, 0.05) is 32.5 Å². The summed E-state index contributed by atoms with van der Waals surface area (Å²) in [6.07, 6.45) is -0.423. The third kappa shape index (κ3) is 3.94.